The first-order valence-corrected chi connectivity index (χ1v) is 7.58. The summed E-state index contributed by atoms with van der Waals surface area (Å²) in [4.78, 5) is 27.5. The van der Waals surface area contributed by atoms with Crippen molar-refractivity contribution >= 4 is 36.0 Å². The lowest BCUT2D eigenvalue weighted by molar-refractivity contribution is -0.137. The Morgan fingerprint density at radius 2 is 2.05 bits per heavy atom. The van der Waals surface area contributed by atoms with Gasteiger partial charge in [0.15, 0.2) is 0 Å². The van der Waals surface area contributed by atoms with Crippen molar-refractivity contribution in [2.75, 3.05) is 26.7 Å². The van der Waals surface area contributed by atoms with Crippen molar-refractivity contribution in [3.63, 3.8) is 0 Å². The molecule has 1 atom stereocenters. The van der Waals surface area contributed by atoms with Crippen molar-refractivity contribution in [1.82, 2.24) is 9.80 Å². The van der Waals surface area contributed by atoms with Crippen LogP contribution >= 0.6 is 24.2 Å². The van der Waals surface area contributed by atoms with Gasteiger partial charge in [0.05, 0.1) is 17.7 Å². The Morgan fingerprint density at radius 1 is 1.40 bits per heavy atom. The van der Waals surface area contributed by atoms with Crippen molar-refractivity contribution in [2.45, 2.75) is 31.6 Å². The number of rotatable bonds is 3. The molecule has 114 valence electrons. The van der Waals surface area contributed by atoms with Crippen molar-refractivity contribution in [2.24, 2.45) is 0 Å². The number of halogens is 1. The summed E-state index contributed by atoms with van der Waals surface area (Å²) in [7, 11) is 1.71. The predicted molar refractivity (Wildman–Crippen MR) is 81.5 cm³/mol. The number of amides is 1. The van der Waals surface area contributed by atoms with Crippen LogP contribution in [0.25, 0.3) is 0 Å². The molecule has 0 saturated carbocycles. The maximum Gasteiger partial charge on any atom is 0.333 e. The topological polar surface area (TPSA) is 49.9 Å². The molecule has 0 aromatic heterocycles. The Labute approximate surface area is 130 Å². The van der Waals surface area contributed by atoms with Gasteiger partial charge < -0.3 is 9.64 Å². The predicted octanol–water partition coefficient (Wildman–Crippen LogP) is 1.83. The second kappa shape index (κ2) is 7.90. The molecule has 0 aromatic rings. The Balaban J connectivity index is 0.00000200. The fraction of sp³-hybridized carbons (Fsp3) is 0.692. The molecule has 5 nitrogen and oxygen atoms in total. The van der Waals surface area contributed by atoms with Gasteiger partial charge in [-0.1, -0.05) is 18.2 Å². The molecule has 2 fully saturated rings. The minimum absolute atomic E-state index is 0. The molecule has 0 spiro atoms. The minimum Gasteiger partial charge on any atom is -0.463 e. The number of hydrogen-bond donors (Lipinski definition) is 0. The lowest BCUT2D eigenvalue weighted by atomic mass is 10.1. The molecule has 0 N–H and O–H groups in total. The van der Waals surface area contributed by atoms with E-state index in [0.29, 0.717) is 11.6 Å². The molecule has 0 aromatic carbocycles. The molecule has 0 aliphatic carbocycles. The maximum atomic E-state index is 12.2. The zero-order valence-electron chi connectivity index (χ0n) is 11.8. The third-order valence-electron chi connectivity index (χ3n) is 3.36. The molecule has 2 aliphatic heterocycles. The van der Waals surface area contributed by atoms with Crippen LogP contribution in [0.2, 0.25) is 0 Å². The monoisotopic (exact) mass is 320 g/mol. The zero-order valence-corrected chi connectivity index (χ0v) is 13.5. The van der Waals surface area contributed by atoms with Gasteiger partial charge in [0.25, 0.3) is 5.91 Å². The van der Waals surface area contributed by atoms with Gasteiger partial charge in [0.1, 0.15) is 5.37 Å². The van der Waals surface area contributed by atoms with Gasteiger partial charge in [-0.05, 0) is 32.9 Å². The largest absolute Gasteiger partial charge is 0.463 e. The number of piperidine rings is 1. The van der Waals surface area contributed by atoms with Crippen LogP contribution in [0.5, 0.6) is 0 Å². The molecule has 2 rings (SSSR count). The van der Waals surface area contributed by atoms with Crippen LogP contribution in [0.3, 0.4) is 0 Å². The van der Waals surface area contributed by atoms with Crippen LogP contribution < -0.4 is 0 Å². The van der Waals surface area contributed by atoms with E-state index in [9.17, 15) is 9.59 Å². The fourth-order valence-corrected chi connectivity index (χ4v) is 3.58. The van der Waals surface area contributed by atoms with E-state index in [1.807, 2.05) is 0 Å². The molecule has 0 radical (unpaired) electrons. The summed E-state index contributed by atoms with van der Waals surface area (Å²) in [6, 6.07) is 0. The highest BCUT2D eigenvalue weighted by Gasteiger charge is 2.39. The number of carbonyl (C=O) groups excluding carboxylic acids is 2. The summed E-state index contributed by atoms with van der Waals surface area (Å²) in [5.41, 5.74) is 0. The van der Waals surface area contributed by atoms with Crippen molar-refractivity contribution in [3.8, 4) is 0 Å². The lowest BCUT2D eigenvalue weighted by Gasteiger charge is -2.29. The van der Waals surface area contributed by atoms with Crippen molar-refractivity contribution in [3.05, 3.63) is 11.1 Å². The highest BCUT2D eigenvalue weighted by atomic mass is 35.5. The first kappa shape index (κ1) is 17.3. The van der Waals surface area contributed by atoms with Gasteiger partial charge in [-0.25, -0.2) is 4.79 Å². The third-order valence-corrected chi connectivity index (χ3v) is 4.71. The number of esters is 1. The number of carbonyl (C=O) groups is 2. The highest BCUT2D eigenvalue weighted by molar-refractivity contribution is 8.04. The van der Waals surface area contributed by atoms with Crippen LogP contribution in [0.4, 0.5) is 0 Å². The Bertz CT molecular complexity index is 397. The molecule has 7 heteroatoms. The summed E-state index contributed by atoms with van der Waals surface area (Å²) in [5, 5.41) is 0.505. The summed E-state index contributed by atoms with van der Waals surface area (Å²) >= 11 is 1.45. The Kier molecular flexibility index (Phi) is 6.85. The van der Waals surface area contributed by atoms with E-state index in [2.05, 4.69) is 4.90 Å². The van der Waals surface area contributed by atoms with Crippen molar-refractivity contribution in [1.29, 1.82) is 0 Å². The van der Waals surface area contributed by atoms with Gasteiger partial charge in [0, 0.05) is 7.05 Å². The lowest BCUT2D eigenvalue weighted by Crippen LogP contribution is -2.42. The standard InChI is InChI=1S/C13H20N2O3S.ClH/c1-3-18-11(16)9-10-14(2)12(17)13(19-10)15-7-5-4-6-8-15;/h9,13H,3-8H2,1-2H3;1H/b10-9-;/t13-;/m0./s1. The second-order valence-electron chi connectivity index (χ2n) is 4.70. The molecule has 0 unspecified atom stereocenters. The van der Waals surface area contributed by atoms with E-state index in [1.165, 1.54) is 24.3 Å². The number of nitrogens with zero attached hydrogens (tertiary/aromatic N) is 2. The van der Waals surface area contributed by atoms with Crippen LogP contribution in [0.15, 0.2) is 11.1 Å². The maximum absolute atomic E-state index is 12.2. The third kappa shape index (κ3) is 3.90. The first-order chi connectivity index (χ1) is 9.13. The first-order valence-electron chi connectivity index (χ1n) is 6.70. The van der Waals surface area contributed by atoms with Gasteiger partial charge in [0.2, 0.25) is 0 Å². The van der Waals surface area contributed by atoms with Gasteiger partial charge in [-0.3, -0.25) is 9.69 Å². The summed E-state index contributed by atoms with van der Waals surface area (Å²) < 4.78 is 4.89. The summed E-state index contributed by atoms with van der Waals surface area (Å²) in [6.45, 7) is 4.04. The fourth-order valence-electron chi connectivity index (χ4n) is 2.32. The summed E-state index contributed by atoms with van der Waals surface area (Å²) in [6.07, 6.45) is 4.94. The smallest absolute Gasteiger partial charge is 0.333 e. The van der Waals surface area contributed by atoms with Crippen LogP contribution in [0, 0.1) is 0 Å². The van der Waals surface area contributed by atoms with E-state index in [1.54, 1.807) is 18.9 Å². The average molecular weight is 321 g/mol. The van der Waals surface area contributed by atoms with E-state index < -0.39 is 0 Å². The Hall–Kier alpha value is -0.720. The van der Waals surface area contributed by atoms with Gasteiger partial charge >= 0.3 is 5.97 Å². The molecule has 0 bridgehead atoms. The minimum atomic E-state index is -0.385. The van der Waals surface area contributed by atoms with Crippen LogP contribution in [-0.2, 0) is 14.3 Å². The highest BCUT2D eigenvalue weighted by Crippen LogP contribution is 2.36. The van der Waals surface area contributed by atoms with E-state index in [4.69, 9.17) is 4.74 Å². The SMILES string of the molecule is CCOC(=O)/C=C1\S[C@H](N2CCCCC2)C(=O)N1C.Cl. The second-order valence-corrected chi connectivity index (χ2v) is 5.80. The molecule has 20 heavy (non-hydrogen) atoms. The van der Waals surface area contributed by atoms with E-state index in [-0.39, 0.29) is 29.7 Å². The molecule has 2 saturated heterocycles. The molecule has 1 amide bonds. The number of ether oxygens (including phenoxy) is 1. The normalized spacial score (nSPS) is 25.7. The quantitative estimate of drug-likeness (QED) is 0.586. The average Bonchev–Trinajstić information content (AvgIpc) is 2.68. The van der Waals surface area contributed by atoms with E-state index in [0.717, 1.165) is 25.9 Å². The number of hydrogen-bond acceptors (Lipinski definition) is 5. The molecular formula is C13H21ClN2O3S. The van der Waals surface area contributed by atoms with Crippen molar-refractivity contribution < 1.29 is 14.3 Å². The van der Waals surface area contributed by atoms with Crippen LogP contribution in [0.1, 0.15) is 26.2 Å². The van der Waals surface area contributed by atoms with Gasteiger partial charge in [-0.15, -0.1) is 12.4 Å². The van der Waals surface area contributed by atoms with Crippen LogP contribution in [-0.4, -0.2) is 53.8 Å². The zero-order chi connectivity index (χ0) is 13.8. The Morgan fingerprint density at radius 3 is 2.65 bits per heavy atom. The summed E-state index contributed by atoms with van der Waals surface area (Å²) in [5.74, 6) is -0.327. The number of likely N-dealkylation sites (tertiary alicyclic amines) is 1. The number of thioether (sulfide) groups is 1. The van der Waals surface area contributed by atoms with E-state index >= 15 is 0 Å². The molecule has 2 aliphatic rings. The molecule has 2 heterocycles. The molecular weight excluding hydrogens is 300 g/mol. The van der Waals surface area contributed by atoms with Gasteiger partial charge in [-0.2, -0.15) is 0 Å². The number of likely N-dealkylation sites (N-methyl/N-ethyl adjacent to an activating group) is 1.